The van der Waals surface area contributed by atoms with Crippen molar-refractivity contribution >= 4 is 0 Å². The molecule has 1 rings (SSSR count). The third-order valence-corrected chi connectivity index (χ3v) is 1.94. The zero-order valence-electron chi connectivity index (χ0n) is 7.37. The van der Waals surface area contributed by atoms with Gasteiger partial charge in [-0.3, -0.25) is 0 Å². The molecule has 1 aromatic carbocycles. The number of hydrogen-bond acceptors (Lipinski definition) is 3. The highest BCUT2D eigenvalue weighted by molar-refractivity contribution is 5.36. The Morgan fingerprint density at radius 2 is 2.00 bits per heavy atom. The molecule has 1 unspecified atom stereocenters. The minimum atomic E-state index is -1.31. The number of rotatable bonds is 3. The van der Waals surface area contributed by atoms with E-state index in [4.69, 9.17) is 10.8 Å². The largest absolute Gasteiger partial charge is 0.505 e. The van der Waals surface area contributed by atoms with E-state index in [-0.39, 0.29) is 18.6 Å². The maximum atomic E-state index is 12.8. The van der Waals surface area contributed by atoms with Crippen molar-refractivity contribution in [3.63, 3.8) is 0 Å². The lowest BCUT2D eigenvalue weighted by atomic mass is 10.0. The summed E-state index contributed by atoms with van der Waals surface area (Å²) in [7, 11) is 0. The van der Waals surface area contributed by atoms with E-state index in [0.29, 0.717) is 0 Å². The molecule has 0 aliphatic heterocycles. The van der Waals surface area contributed by atoms with Crippen LogP contribution in [0.25, 0.3) is 0 Å². The lowest BCUT2D eigenvalue weighted by Crippen LogP contribution is -2.12. The molecule has 14 heavy (non-hydrogen) atoms. The molecule has 0 spiro atoms. The summed E-state index contributed by atoms with van der Waals surface area (Å²) in [5.41, 5.74) is 5.61. The Hall–Kier alpha value is -1.20. The number of halogens is 2. The predicted octanol–water partition coefficient (Wildman–Crippen LogP) is 1.05. The van der Waals surface area contributed by atoms with Gasteiger partial charge in [0.25, 0.3) is 0 Å². The Kier molecular flexibility index (Phi) is 3.38. The lowest BCUT2D eigenvalue weighted by Gasteiger charge is -2.12. The van der Waals surface area contributed by atoms with Crippen LogP contribution in [0.4, 0.5) is 8.78 Å². The molecular formula is C9H11F2NO2. The van der Waals surface area contributed by atoms with Crippen LogP contribution in [0.1, 0.15) is 18.0 Å². The van der Waals surface area contributed by atoms with E-state index in [1.807, 2.05) is 0 Å². The predicted molar refractivity (Wildman–Crippen MR) is 46.7 cm³/mol. The molecule has 78 valence electrons. The molecule has 0 amide bonds. The van der Waals surface area contributed by atoms with Crippen LogP contribution < -0.4 is 5.73 Å². The molecule has 0 aromatic heterocycles. The summed E-state index contributed by atoms with van der Waals surface area (Å²) in [6, 6.07) is 1.39. The summed E-state index contributed by atoms with van der Waals surface area (Å²) < 4.78 is 25.4. The van der Waals surface area contributed by atoms with E-state index in [0.717, 1.165) is 6.07 Å². The van der Waals surface area contributed by atoms with Gasteiger partial charge in [-0.15, -0.1) is 0 Å². The number of nitrogens with two attached hydrogens (primary N) is 1. The van der Waals surface area contributed by atoms with E-state index in [1.165, 1.54) is 6.07 Å². The molecule has 4 N–H and O–H groups in total. The second-order valence-electron chi connectivity index (χ2n) is 2.92. The van der Waals surface area contributed by atoms with Crippen molar-refractivity contribution in [2.24, 2.45) is 5.73 Å². The summed E-state index contributed by atoms with van der Waals surface area (Å²) in [6.45, 7) is -0.181. The van der Waals surface area contributed by atoms with Crippen molar-refractivity contribution in [1.82, 2.24) is 0 Å². The first-order valence-corrected chi connectivity index (χ1v) is 4.11. The van der Waals surface area contributed by atoms with Gasteiger partial charge in [-0.2, -0.15) is 4.39 Å². The molecule has 0 fully saturated rings. The average Bonchev–Trinajstić information content (AvgIpc) is 2.15. The monoisotopic (exact) mass is 203 g/mol. The molecule has 0 saturated carbocycles. The lowest BCUT2D eigenvalue weighted by molar-refractivity contribution is 0.274. The Balaban J connectivity index is 3.04. The first-order valence-electron chi connectivity index (χ1n) is 4.11. The first-order chi connectivity index (χ1) is 6.57. The molecule has 0 radical (unpaired) electrons. The standard InChI is InChI=1S/C9H11F2NO2/c10-6-2-1-5(7(12)3-4-13)9(14)8(6)11/h1-2,7,13-14H,3-4,12H2. The van der Waals surface area contributed by atoms with Gasteiger partial charge in [0.2, 0.25) is 5.82 Å². The molecule has 1 atom stereocenters. The number of aliphatic hydroxyl groups excluding tert-OH is 1. The van der Waals surface area contributed by atoms with Gasteiger partial charge in [0, 0.05) is 18.2 Å². The van der Waals surface area contributed by atoms with Crippen LogP contribution in [0, 0.1) is 11.6 Å². The normalized spacial score (nSPS) is 12.9. The van der Waals surface area contributed by atoms with Gasteiger partial charge in [-0.05, 0) is 12.5 Å². The molecule has 1 aromatic rings. The fourth-order valence-corrected chi connectivity index (χ4v) is 1.15. The molecular weight excluding hydrogens is 192 g/mol. The number of benzene rings is 1. The molecule has 0 saturated heterocycles. The summed E-state index contributed by atoms with van der Waals surface area (Å²) in [4.78, 5) is 0. The zero-order chi connectivity index (χ0) is 10.7. The summed E-state index contributed by atoms with van der Waals surface area (Å²) in [6.07, 6.45) is 0.179. The van der Waals surface area contributed by atoms with Gasteiger partial charge in [0.05, 0.1) is 0 Å². The van der Waals surface area contributed by atoms with Crippen LogP contribution in [-0.2, 0) is 0 Å². The van der Waals surface area contributed by atoms with E-state index in [2.05, 4.69) is 0 Å². The van der Waals surface area contributed by atoms with E-state index < -0.39 is 23.4 Å². The van der Waals surface area contributed by atoms with Crippen molar-refractivity contribution in [3.05, 3.63) is 29.3 Å². The Labute approximate surface area is 79.8 Å². The molecule has 0 aliphatic carbocycles. The van der Waals surface area contributed by atoms with Crippen molar-refractivity contribution in [2.75, 3.05) is 6.61 Å². The fraction of sp³-hybridized carbons (Fsp3) is 0.333. The maximum Gasteiger partial charge on any atom is 0.200 e. The Bertz CT molecular complexity index is 331. The molecule has 0 heterocycles. The second kappa shape index (κ2) is 4.34. The highest BCUT2D eigenvalue weighted by Crippen LogP contribution is 2.28. The van der Waals surface area contributed by atoms with Crippen LogP contribution in [0.15, 0.2) is 12.1 Å². The number of hydrogen-bond donors (Lipinski definition) is 3. The van der Waals surface area contributed by atoms with E-state index >= 15 is 0 Å². The molecule has 5 heteroatoms. The van der Waals surface area contributed by atoms with E-state index in [1.54, 1.807) is 0 Å². The van der Waals surface area contributed by atoms with Crippen molar-refractivity contribution in [1.29, 1.82) is 0 Å². The smallest absolute Gasteiger partial charge is 0.200 e. The number of aliphatic hydroxyl groups is 1. The number of phenolic OH excluding ortho intramolecular Hbond substituents is 1. The zero-order valence-corrected chi connectivity index (χ0v) is 7.37. The Morgan fingerprint density at radius 3 is 2.57 bits per heavy atom. The van der Waals surface area contributed by atoms with Crippen LogP contribution in [0.5, 0.6) is 5.75 Å². The van der Waals surface area contributed by atoms with Gasteiger partial charge < -0.3 is 15.9 Å². The van der Waals surface area contributed by atoms with Crippen LogP contribution in [0.3, 0.4) is 0 Å². The van der Waals surface area contributed by atoms with Crippen LogP contribution in [0.2, 0.25) is 0 Å². The van der Waals surface area contributed by atoms with Crippen molar-refractivity contribution < 1.29 is 19.0 Å². The van der Waals surface area contributed by atoms with Crippen molar-refractivity contribution in [2.45, 2.75) is 12.5 Å². The third-order valence-electron chi connectivity index (χ3n) is 1.94. The van der Waals surface area contributed by atoms with Crippen LogP contribution >= 0.6 is 0 Å². The SMILES string of the molecule is NC(CCO)c1ccc(F)c(F)c1O. The number of phenols is 1. The van der Waals surface area contributed by atoms with Crippen molar-refractivity contribution in [3.8, 4) is 5.75 Å². The number of aromatic hydroxyl groups is 1. The summed E-state index contributed by atoms with van der Waals surface area (Å²) >= 11 is 0. The highest BCUT2D eigenvalue weighted by atomic mass is 19.2. The summed E-state index contributed by atoms with van der Waals surface area (Å²) in [5, 5.41) is 17.8. The quantitative estimate of drug-likeness (QED) is 0.688. The molecule has 0 aliphatic rings. The van der Waals surface area contributed by atoms with E-state index in [9.17, 15) is 13.9 Å². The van der Waals surface area contributed by atoms with Gasteiger partial charge in [-0.25, -0.2) is 4.39 Å². The minimum Gasteiger partial charge on any atom is -0.505 e. The highest BCUT2D eigenvalue weighted by Gasteiger charge is 2.16. The van der Waals surface area contributed by atoms with Gasteiger partial charge in [-0.1, -0.05) is 6.07 Å². The Morgan fingerprint density at radius 1 is 1.36 bits per heavy atom. The molecule has 0 bridgehead atoms. The van der Waals surface area contributed by atoms with Gasteiger partial charge in [0.1, 0.15) is 0 Å². The van der Waals surface area contributed by atoms with Gasteiger partial charge >= 0.3 is 0 Å². The minimum absolute atomic E-state index is 0.0953. The van der Waals surface area contributed by atoms with Gasteiger partial charge in [0.15, 0.2) is 11.6 Å². The molecule has 3 nitrogen and oxygen atoms in total. The fourth-order valence-electron chi connectivity index (χ4n) is 1.15. The first kappa shape index (κ1) is 10.9. The maximum absolute atomic E-state index is 12.8. The summed E-state index contributed by atoms with van der Waals surface area (Å²) in [5.74, 6) is -3.22. The topological polar surface area (TPSA) is 66.5 Å². The second-order valence-corrected chi connectivity index (χ2v) is 2.92. The third kappa shape index (κ3) is 2.00. The van der Waals surface area contributed by atoms with Crippen LogP contribution in [-0.4, -0.2) is 16.8 Å². The average molecular weight is 203 g/mol.